The van der Waals surface area contributed by atoms with Crippen LogP contribution in [0.5, 0.6) is 5.75 Å². The van der Waals surface area contributed by atoms with Crippen LogP contribution < -0.4 is 71.2 Å². The Morgan fingerprint density at radius 3 is 1.61 bits per heavy atom. The van der Waals surface area contributed by atoms with Gasteiger partial charge < -0.3 is 86.5 Å². The average Bonchev–Trinajstić information content (AvgIpc) is 3.39. The normalized spacial score (nSPS) is 14.8. The molecule has 0 saturated carbocycles. The molecule has 10 amide bonds. The van der Waals surface area contributed by atoms with Gasteiger partial charge in [-0.15, -0.1) is 0 Å². The molecule has 0 spiro atoms. The van der Waals surface area contributed by atoms with E-state index >= 15 is 0 Å². The van der Waals surface area contributed by atoms with Crippen LogP contribution in [0, 0.1) is 11.8 Å². The van der Waals surface area contributed by atoms with E-state index in [0.29, 0.717) is 17.5 Å². The minimum atomic E-state index is -1.72. The van der Waals surface area contributed by atoms with E-state index in [1.807, 2.05) is 6.92 Å². The molecule has 0 unspecified atom stereocenters. The van der Waals surface area contributed by atoms with Gasteiger partial charge in [0, 0.05) is 32.2 Å². The van der Waals surface area contributed by atoms with Crippen LogP contribution in [0.15, 0.2) is 59.6 Å². The maximum atomic E-state index is 14.0. The quantitative estimate of drug-likeness (QED) is 0.0176. The topological polar surface area (TPSA) is 487 Å². The number of guanidine groups is 1. The van der Waals surface area contributed by atoms with Gasteiger partial charge in [0.25, 0.3) is 0 Å². The van der Waals surface area contributed by atoms with Crippen molar-refractivity contribution >= 4 is 71.0 Å². The number of carboxylic acid groups (broad SMARTS) is 1. The molecule has 0 aliphatic carbocycles. The summed E-state index contributed by atoms with van der Waals surface area (Å²) in [5.74, 6) is -11.5. The number of hydrogen-bond donors (Lipinski definition) is 16. The highest BCUT2D eigenvalue weighted by Crippen LogP contribution is 2.14. The van der Waals surface area contributed by atoms with Crippen molar-refractivity contribution in [1.29, 1.82) is 0 Å². The van der Waals surface area contributed by atoms with Gasteiger partial charge in [-0.05, 0) is 74.1 Å². The van der Waals surface area contributed by atoms with Crippen molar-refractivity contribution < 1.29 is 68.1 Å². The van der Waals surface area contributed by atoms with E-state index in [-0.39, 0.29) is 68.6 Å². The van der Waals surface area contributed by atoms with Crippen LogP contribution in [0.25, 0.3) is 0 Å². The number of amides is 10. The predicted octanol–water partition coefficient (Wildman–Crippen LogP) is -3.84. The van der Waals surface area contributed by atoms with E-state index in [2.05, 4.69) is 47.5 Å². The highest BCUT2D eigenvalue weighted by Gasteiger charge is 2.35. The van der Waals surface area contributed by atoms with Gasteiger partial charge >= 0.3 is 5.97 Å². The van der Waals surface area contributed by atoms with Gasteiger partial charge in [-0.2, -0.15) is 0 Å². The SMILES string of the molecule is CC[C@H](C)[C@H](N)C(=O)N[C@@H](Cc1ccccc1)C(=O)N[C@H](C(=O)N[C@@H](Cc1ccc(O)cc1)C(=O)NCC(=O)N[C@@H](CCC(=O)O)C(=O)N[C@@H](CC(C)C)C(=O)N[C@@H](CCC(N)=O)C(=O)N[C@@H](CCCN=C(N)N)C(N)=O)[C@@H](C)O. The third-order valence-electron chi connectivity index (χ3n) is 12.5. The second-order valence-electron chi connectivity index (χ2n) is 19.8. The maximum absolute atomic E-state index is 14.0. The number of benzene rings is 2. The Labute approximate surface area is 463 Å². The fourth-order valence-corrected chi connectivity index (χ4v) is 7.77. The molecular weight excluding hydrogens is 1040 g/mol. The minimum Gasteiger partial charge on any atom is -0.508 e. The zero-order valence-corrected chi connectivity index (χ0v) is 45.7. The molecule has 0 saturated heterocycles. The number of primary amides is 2. The first-order chi connectivity index (χ1) is 37.6. The molecule has 2 rings (SSSR count). The van der Waals surface area contributed by atoms with Gasteiger partial charge in [0.1, 0.15) is 48.0 Å². The summed E-state index contributed by atoms with van der Waals surface area (Å²) in [7, 11) is 0. The van der Waals surface area contributed by atoms with Crippen molar-refractivity contribution in [2.75, 3.05) is 13.1 Å². The zero-order chi connectivity index (χ0) is 60.2. The molecule has 0 bridgehead atoms. The molecule has 10 atom stereocenters. The number of nitrogens with one attached hydrogen (secondary N) is 8. The van der Waals surface area contributed by atoms with Crippen LogP contribution in [0.4, 0.5) is 0 Å². The lowest BCUT2D eigenvalue weighted by Gasteiger charge is -2.28. The molecule has 0 heterocycles. The second-order valence-corrected chi connectivity index (χ2v) is 19.8. The van der Waals surface area contributed by atoms with Crippen molar-refractivity contribution in [2.24, 2.45) is 45.5 Å². The highest BCUT2D eigenvalue weighted by molar-refractivity contribution is 5.98. The smallest absolute Gasteiger partial charge is 0.303 e. The molecule has 80 heavy (non-hydrogen) atoms. The standard InChI is InChI=1S/C52H80N14O14/c1-6-28(4)42(54)50(79)64-38(24-30-11-8-7-9-12-30)49(78)66-43(29(5)67)51(80)65-37(25-31-14-16-32(68)17-15-31)45(74)59-26-40(70)60-34(19-21-41(71)72)46(75)63-36(23-27(2)3)48(77)62-35(18-20-39(53)69)47(76)61-33(44(55)73)13-10-22-58-52(56)57/h7-9,11-12,14-17,27-29,33-38,42-43,67-68H,6,10,13,18-26,54H2,1-5H3,(H2,53,69)(H2,55,73)(H,59,74)(H,60,70)(H,61,76)(H,62,77)(H,63,75)(H,64,79)(H,65,80)(H,66,78)(H,71,72)(H4,56,57,58)/t28-,29+,33-,34-,35-,36-,37-,38-,42-,43-/m0/s1. The number of phenols is 1. The van der Waals surface area contributed by atoms with E-state index in [0.717, 1.165) is 0 Å². The lowest BCUT2D eigenvalue weighted by molar-refractivity contribution is -0.138. The minimum absolute atomic E-state index is 0.00811. The second kappa shape index (κ2) is 34.5. The van der Waals surface area contributed by atoms with Crippen molar-refractivity contribution in [3.8, 4) is 5.75 Å². The van der Waals surface area contributed by atoms with Crippen LogP contribution in [-0.4, -0.2) is 154 Å². The van der Waals surface area contributed by atoms with Crippen LogP contribution in [0.3, 0.4) is 0 Å². The molecule has 0 aromatic heterocycles. The molecule has 2 aromatic carbocycles. The number of nitrogens with zero attached hydrogens (tertiary/aromatic N) is 1. The maximum Gasteiger partial charge on any atom is 0.303 e. The average molecular weight is 1130 g/mol. The molecule has 0 aliphatic rings. The Morgan fingerprint density at radius 2 is 1.07 bits per heavy atom. The van der Waals surface area contributed by atoms with Crippen molar-refractivity contribution in [3.05, 3.63) is 65.7 Å². The van der Waals surface area contributed by atoms with E-state index < -0.39 is 145 Å². The molecule has 0 fully saturated rings. The summed E-state index contributed by atoms with van der Waals surface area (Å²) in [5, 5.41) is 50.0. The fraction of sp³-hybridized carbons (Fsp3) is 0.538. The van der Waals surface area contributed by atoms with E-state index in [1.165, 1.54) is 31.2 Å². The van der Waals surface area contributed by atoms with Crippen LogP contribution in [-0.2, 0) is 65.6 Å². The first-order valence-electron chi connectivity index (χ1n) is 26.1. The van der Waals surface area contributed by atoms with Crippen molar-refractivity contribution in [1.82, 2.24) is 42.5 Å². The summed E-state index contributed by atoms with van der Waals surface area (Å²) in [4.78, 5) is 149. The number of hydrogen-bond acceptors (Lipinski definition) is 15. The van der Waals surface area contributed by atoms with E-state index in [4.69, 9.17) is 28.7 Å². The van der Waals surface area contributed by atoms with Gasteiger partial charge in [0.15, 0.2) is 5.96 Å². The summed E-state index contributed by atoms with van der Waals surface area (Å²) in [6.07, 6.45) is -3.13. The Hall–Kier alpha value is -8.40. The largest absolute Gasteiger partial charge is 0.508 e. The number of carbonyl (C=O) groups excluding carboxylic acids is 10. The Balaban J connectivity index is 2.36. The fourth-order valence-electron chi connectivity index (χ4n) is 7.77. The van der Waals surface area contributed by atoms with E-state index in [1.54, 1.807) is 51.1 Å². The molecular formula is C52H80N14O14. The first kappa shape index (κ1) is 67.7. The van der Waals surface area contributed by atoms with Crippen LogP contribution in [0.1, 0.15) is 97.1 Å². The molecule has 28 nitrogen and oxygen atoms in total. The number of aliphatic imine (C=N–C) groups is 1. The predicted molar refractivity (Wildman–Crippen MR) is 291 cm³/mol. The number of aliphatic hydroxyl groups excluding tert-OH is 1. The number of aliphatic carboxylic acids is 1. The number of aromatic hydroxyl groups is 1. The zero-order valence-electron chi connectivity index (χ0n) is 45.7. The molecule has 442 valence electrons. The Morgan fingerprint density at radius 1 is 0.575 bits per heavy atom. The van der Waals surface area contributed by atoms with Gasteiger partial charge in [0.05, 0.1) is 18.7 Å². The van der Waals surface area contributed by atoms with Gasteiger partial charge in [0.2, 0.25) is 59.1 Å². The van der Waals surface area contributed by atoms with Crippen LogP contribution >= 0.6 is 0 Å². The third kappa shape index (κ3) is 25.4. The summed E-state index contributed by atoms with van der Waals surface area (Å²) >= 11 is 0. The van der Waals surface area contributed by atoms with Gasteiger partial charge in [-0.25, -0.2) is 0 Å². The molecule has 21 N–H and O–H groups in total. The molecule has 0 radical (unpaired) electrons. The molecule has 2 aromatic rings. The number of aliphatic hydroxyl groups is 1. The van der Waals surface area contributed by atoms with Crippen molar-refractivity contribution in [2.45, 2.75) is 153 Å². The Kier molecular flexibility index (Phi) is 29.2. The van der Waals surface area contributed by atoms with Gasteiger partial charge in [-0.3, -0.25) is 57.7 Å². The first-order valence-corrected chi connectivity index (χ1v) is 26.1. The van der Waals surface area contributed by atoms with E-state index in [9.17, 15) is 68.1 Å². The van der Waals surface area contributed by atoms with Crippen LogP contribution in [0.2, 0.25) is 0 Å². The van der Waals surface area contributed by atoms with Crippen molar-refractivity contribution in [3.63, 3.8) is 0 Å². The number of carboxylic acids is 1. The third-order valence-corrected chi connectivity index (χ3v) is 12.5. The Bertz CT molecular complexity index is 2460. The summed E-state index contributed by atoms with van der Waals surface area (Å²) < 4.78 is 0. The summed E-state index contributed by atoms with van der Waals surface area (Å²) in [6.45, 7) is 7.43. The summed E-state index contributed by atoms with van der Waals surface area (Å²) in [6, 6.07) is 2.79. The lowest BCUT2D eigenvalue weighted by Crippen LogP contribution is -2.61. The number of phenolic OH excluding ortho intramolecular Hbond substituents is 1. The number of nitrogens with two attached hydrogens (primary N) is 5. The van der Waals surface area contributed by atoms with Gasteiger partial charge in [-0.1, -0.05) is 76.6 Å². The molecule has 0 aliphatic heterocycles. The number of carbonyl (C=O) groups is 11. The summed E-state index contributed by atoms with van der Waals surface area (Å²) in [5.41, 5.74) is 28.7. The molecule has 28 heteroatoms. The lowest BCUT2D eigenvalue weighted by atomic mass is 9.98. The monoisotopic (exact) mass is 1120 g/mol. The number of rotatable bonds is 36. The highest BCUT2D eigenvalue weighted by atomic mass is 16.4.